The maximum atomic E-state index is 14.1. The Kier molecular flexibility index (Phi) is 18.0. The molecule has 0 aliphatic carbocycles. The van der Waals surface area contributed by atoms with Crippen LogP contribution >= 0.6 is 0 Å². The van der Waals surface area contributed by atoms with Crippen molar-refractivity contribution < 1.29 is 35.9 Å². The first-order chi connectivity index (χ1) is 26.2. The Morgan fingerprint density at radius 2 is 1.44 bits per heavy atom. The molecule has 0 N–H and O–H groups in total. The van der Waals surface area contributed by atoms with Gasteiger partial charge in [-0.3, -0.25) is 0 Å². The summed E-state index contributed by atoms with van der Waals surface area (Å²) >= 11 is 0. The fourth-order valence-corrected chi connectivity index (χ4v) is 15.0. The largest absolute Gasteiger partial charge is 0.417 e. The molecule has 3 rings (SSSR count). The van der Waals surface area contributed by atoms with E-state index < -0.39 is 46.8 Å². The van der Waals surface area contributed by atoms with E-state index in [0.717, 1.165) is 44.0 Å². The third-order valence-corrected chi connectivity index (χ3v) is 30.7. The zero-order chi connectivity index (χ0) is 43.3. The van der Waals surface area contributed by atoms with Gasteiger partial charge in [0.15, 0.2) is 34.8 Å². The first-order valence-electron chi connectivity index (χ1n) is 22.3. The quantitative estimate of drug-likeness (QED) is 0.0891. The summed E-state index contributed by atoms with van der Waals surface area (Å²) in [6.45, 7) is 37.8. The predicted molar refractivity (Wildman–Crippen MR) is 245 cm³/mol. The normalized spacial score (nSPS) is 27.1. The van der Waals surface area contributed by atoms with Crippen molar-refractivity contribution in [2.75, 3.05) is 26.1 Å². The van der Waals surface area contributed by atoms with Gasteiger partial charge in [-0.2, -0.15) is 0 Å². The lowest BCUT2D eigenvalue weighted by Gasteiger charge is -2.48. The van der Waals surface area contributed by atoms with E-state index in [0.29, 0.717) is 30.3 Å². The summed E-state index contributed by atoms with van der Waals surface area (Å²) in [4.78, 5) is 0.329. The Balaban J connectivity index is 1.95. The van der Waals surface area contributed by atoms with Crippen LogP contribution in [0, 0.1) is 17.3 Å². The van der Waals surface area contributed by atoms with E-state index in [-0.39, 0.29) is 51.8 Å². The summed E-state index contributed by atoms with van der Waals surface area (Å²) in [6.07, 6.45) is 2.71. The second-order valence-corrected chi connectivity index (χ2v) is 37.5. The van der Waals surface area contributed by atoms with Crippen LogP contribution in [0.25, 0.3) is 0 Å². The van der Waals surface area contributed by atoms with Crippen LogP contribution in [0.3, 0.4) is 0 Å². The van der Waals surface area contributed by atoms with Crippen molar-refractivity contribution in [2.24, 2.45) is 17.3 Å². The van der Waals surface area contributed by atoms with E-state index in [1.165, 1.54) is 0 Å². The van der Waals surface area contributed by atoms with Crippen LogP contribution in [-0.4, -0.2) is 96.1 Å². The van der Waals surface area contributed by atoms with Crippen molar-refractivity contribution in [1.82, 2.24) is 0 Å². The fraction of sp³-hybridized carbons (Fsp3) is 0.867. The van der Waals surface area contributed by atoms with Gasteiger partial charge in [-0.05, 0) is 97.1 Å². The van der Waals surface area contributed by atoms with Crippen LogP contribution in [0.2, 0.25) is 54.4 Å². The smallest absolute Gasteiger partial charge is 0.192 e. The molecule has 1 aromatic rings. The van der Waals surface area contributed by atoms with Gasteiger partial charge in [0, 0.05) is 32.5 Å². The third-order valence-electron chi connectivity index (χ3n) is 15.1. The molecule has 8 nitrogen and oxygen atoms in total. The molecule has 3 unspecified atom stereocenters. The third kappa shape index (κ3) is 13.0. The van der Waals surface area contributed by atoms with Gasteiger partial charge in [-0.15, -0.1) is 0 Å². The second kappa shape index (κ2) is 20.2. The Bertz CT molecular complexity index is 1460. The molecular weight excluding hydrogens is 785 g/mol. The number of rotatable bonds is 21. The number of ether oxygens (including phenoxy) is 3. The molecule has 57 heavy (non-hydrogen) atoms. The molecular formula is C45H86O8SSi3. The Hall–Kier alpha value is -0.419. The minimum absolute atomic E-state index is 0.00454. The van der Waals surface area contributed by atoms with E-state index >= 15 is 0 Å². The van der Waals surface area contributed by atoms with Crippen molar-refractivity contribution >= 4 is 34.8 Å². The topological polar surface area (TPSA) is 89.5 Å². The highest BCUT2D eigenvalue weighted by Gasteiger charge is 2.52. The average Bonchev–Trinajstić information content (AvgIpc) is 3.43. The monoisotopic (exact) mass is 871 g/mol. The minimum atomic E-state index is -3.65. The summed E-state index contributed by atoms with van der Waals surface area (Å²) in [6, 6.07) is 12.3. The molecule has 2 heterocycles. The molecule has 2 saturated heterocycles. The molecule has 0 radical (unpaired) electrons. The lowest BCUT2D eigenvalue weighted by Crippen LogP contribution is -2.49. The van der Waals surface area contributed by atoms with Crippen LogP contribution in [0.15, 0.2) is 35.2 Å². The average molecular weight is 872 g/mol. The number of hydrogen-bond donors (Lipinski definition) is 0. The first-order valence-corrected chi connectivity index (χ1v) is 32.3. The van der Waals surface area contributed by atoms with E-state index in [1.54, 1.807) is 31.4 Å². The van der Waals surface area contributed by atoms with Gasteiger partial charge < -0.3 is 27.5 Å². The summed E-state index contributed by atoms with van der Waals surface area (Å²) in [5.74, 6) is -0.0279. The van der Waals surface area contributed by atoms with Gasteiger partial charge in [-0.1, -0.05) is 101 Å². The van der Waals surface area contributed by atoms with E-state index in [1.807, 2.05) is 6.07 Å². The van der Waals surface area contributed by atoms with Gasteiger partial charge in [0.1, 0.15) is 0 Å². The molecule has 2 aliphatic heterocycles. The molecule has 0 saturated carbocycles. The van der Waals surface area contributed by atoms with Gasteiger partial charge in [0.2, 0.25) is 0 Å². The Morgan fingerprint density at radius 1 is 0.860 bits per heavy atom. The summed E-state index contributed by atoms with van der Waals surface area (Å²) < 4.78 is 69.4. The van der Waals surface area contributed by atoms with Crippen LogP contribution in [0.4, 0.5) is 0 Å². The first kappa shape index (κ1) is 50.9. The lowest BCUT2D eigenvalue weighted by molar-refractivity contribution is -0.163. The molecule has 8 atom stereocenters. The highest BCUT2D eigenvalue weighted by Crippen LogP contribution is 2.47. The maximum Gasteiger partial charge on any atom is 0.192 e. The molecule has 0 aromatic heterocycles. The van der Waals surface area contributed by atoms with Crippen molar-refractivity contribution in [1.29, 1.82) is 0 Å². The zero-order valence-electron chi connectivity index (χ0n) is 39.5. The van der Waals surface area contributed by atoms with Crippen LogP contribution in [-0.2, 0) is 37.3 Å². The SMILES string of the molecule is CC[Si](CC)(CC)OCCC[C@H]1C[C@@H](C)C(C)(C)C(C[C@@H]2O[C@H](CC(CO[Si](C)(C)C(C)(C)C)O[Si](C)(C)C(C)(C)C)[C@H](OC)C2CS(=O)(=O)c2ccccc2)O1. The van der Waals surface area contributed by atoms with E-state index in [2.05, 4.69) is 109 Å². The van der Waals surface area contributed by atoms with Crippen molar-refractivity contribution in [3.05, 3.63) is 30.3 Å². The highest BCUT2D eigenvalue weighted by atomic mass is 32.2. The predicted octanol–water partition coefficient (Wildman–Crippen LogP) is 11.7. The second-order valence-electron chi connectivity index (χ2n) is 21.2. The molecule has 0 spiro atoms. The van der Waals surface area contributed by atoms with Crippen molar-refractivity contribution in [3.8, 4) is 0 Å². The number of sulfone groups is 1. The fourth-order valence-electron chi connectivity index (χ4n) is 8.23. The highest BCUT2D eigenvalue weighted by molar-refractivity contribution is 7.91. The molecule has 0 bridgehead atoms. The molecule has 0 amide bonds. The number of methoxy groups -OCH3 is 1. The van der Waals surface area contributed by atoms with Crippen LogP contribution < -0.4 is 0 Å². The molecule has 2 aliphatic rings. The van der Waals surface area contributed by atoms with Gasteiger partial charge in [0.05, 0.1) is 53.9 Å². The number of hydrogen-bond acceptors (Lipinski definition) is 8. The summed E-state index contributed by atoms with van der Waals surface area (Å²) in [7, 11) is -7.89. The van der Waals surface area contributed by atoms with Gasteiger partial charge >= 0.3 is 0 Å². The van der Waals surface area contributed by atoms with Crippen LogP contribution in [0.1, 0.15) is 115 Å². The minimum Gasteiger partial charge on any atom is -0.417 e. The van der Waals surface area contributed by atoms with Crippen molar-refractivity contribution in [3.63, 3.8) is 0 Å². The van der Waals surface area contributed by atoms with E-state index in [4.69, 9.17) is 27.5 Å². The number of benzene rings is 1. The Morgan fingerprint density at radius 3 is 1.96 bits per heavy atom. The Labute approximate surface area is 353 Å². The van der Waals surface area contributed by atoms with Crippen LogP contribution in [0.5, 0.6) is 0 Å². The van der Waals surface area contributed by atoms with Gasteiger partial charge in [-0.25, -0.2) is 8.42 Å². The molecule has 332 valence electrons. The lowest BCUT2D eigenvalue weighted by atomic mass is 9.68. The standard InChI is InChI=1S/C45H86O8SSi3/c1-18-57(19-2,20-3)49-28-24-25-35-29-34(4)45(11,12)41(51-35)31-39-38(33-54(46,47)37-26-22-21-23-27-37)42(48-13)40(52-39)30-36(53-56(16,17)44(8,9)10)32-50-55(14,15)43(5,6)7/h21-23,26-27,34-36,38-42H,18-20,24-25,28-33H2,1-17H3/t34-,35+,36?,38?,39+,40-,41?,42-/m1/s1. The van der Waals surface area contributed by atoms with Gasteiger partial charge in [0.25, 0.3) is 0 Å². The summed E-state index contributed by atoms with van der Waals surface area (Å²) in [5, 5.41) is 0.0572. The van der Waals surface area contributed by atoms with E-state index in [9.17, 15) is 8.42 Å². The van der Waals surface area contributed by atoms with Crippen molar-refractivity contribution in [2.45, 2.75) is 211 Å². The maximum absolute atomic E-state index is 14.1. The molecule has 2 fully saturated rings. The molecule has 1 aromatic carbocycles. The molecule has 12 heteroatoms. The summed E-state index contributed by atoms with van der Waals surface area (Å²) in [5.41, 5.74) is -0.125. The zero-order valence-corrected chi connectivity index (χ0v) is 43.3.